The monoisotopic (exact) mass is 356 g/mol. The molecule has 1 aliphatic rings. The highest BCUT2D eigenvalue weighted by Gasteiger charge is 2.32. The minimum Gasteiger partial charge on any atom is -0.314 e. The molecule has 0 spiro atoms. The van der Waals surface area contributed by atoms with Gasteiger partial charge < -0.3 is 5.32 Å². The van der Waals surface area contributed by atoms with Crippen molar-refractivity contribution in [2.45, 2.75) is 32.0 Å². The van der Waals surface area contributed by atoms with Crippen molar-refractivity contribution in [3.63, 3.8) is 0 Å². The molecule has 1 atom stereocenters. The molecule has 0 aliphatic carbocycles. The van der Waals surface area contributed by atoms with Gasteiger partial charge in [0.1, 0.15) is 0 Å². The molecule has 1 fully saturated rings. The SMILES string of the molecule is CCC[C@@H](c1cc(Cl)cc(C(F)(F)F)c1)N1CCNCC1.Cl. The Morgan fingerprint density at radius 2 is 1.86 bits per heavy atom. The van der Waals surface area contributed by atoms with E-state index in [2.05, 4.69) is 10.2 Å². The van der Waals surface area contributed by atoms with Gasteiger partial charge in [-0.05, 0) is 30.2 Å². The Kier molecular flexibility index (Phi) is 7.46. The summed E-state index contributed by atoms with van der Waals surface area (Å²) in [5, 5.41) is 3.41. The molecule has 1 heterocycles. The number of benzene rings is 1. The van der Waals surface area contributed by atoms with Crippen LogP contribution in [0.25, 0.3) is 0 Å². The smallest absolute Gasteiger partial charge is 0.314 e. The Morgan fingerprint density at radius 1 is 1.23 bits per heavy atom. The van der Waals surface area contributed by atoms with E-state index < -0.39 is 11.7 Å². The molecule has 0 saturated carbocycles. The molecule has 22 heavy (non-hydrogen) atoms. The van der Waals surface area contributed by atoms with Crippen LogP contribution < -0.4 is 5.32 Å². The van der Waals surface area contributed by atoms with Gasteiger partial charge in [0.25, 0.3) is 0 Å². The molecule has 0 radical (unpaired) electrons. The Labute approximate surface area is 140 Å². The summed E-state index contributed by atoms with van der Waals surface area (Å²) in [7, 11) is 0. The maximum Gasteiger partial charge on any atom is 0.416 e. The summed E-state index contributed by atoms with van der Waals surface area (Å²) in [6.45, 7) is 5.47. The first-order chi connectivity index (χ1) is 9.91. The molecule has 7 heteroatoms. The Hall–Kier alpha value is -0.490. The average Bonchev–Trinajstić information content (AvgIpc) is 2.44. The lowest BCUT2D eigenvalue weighted by Crippen LogP contribution is -2.45. The minimum absolute atomic E-state index is 0. The zero-order chi connectivity index (χ0) is 15.5. The highest BCUT2D eigenvalue weighted by molar-refractivity contribution is 6.30. The van der Waals surface area contributed by atoms with E-state index in [0.717, 1.165) is 45.1 Å². The first-order valence-corrected chi connectivity index (χ1v) is 7.62. The molecule has 0 amide bonds. The van der Waals surface area contributed by atoms with Crippen molar-refractivity contribution in [2.75, 3.05) is 26.2 Å². The third-order valence-electron chi connectivity index (χ3n) is 3.79. The second kappa shape index (κ2) is 8.39. The first-order valence-electron chi connectivity index (χ1n) is 7.24. The largest absolute Gasteiger partial charge is 0.416 e. The van der Waals surface area contributed by atoms with Crippen molar-refractivity contribution < 1.29 is 13.2 Å². The molecule has 1 saturated heterocycles. The number of nitrogens with zero attached hydrogens (tertiary/aromatic N) is 1. The molecule has 1 aromatic carbocycles. The predicted molar refractivity (Wildman–Crippen MR) is 85.8 cm³/mol. The van der Waals surface area contributed by atoms with Crippen LogP contribution in [0.3, 0.4) is 0 Å². The first kappa shape index (κ1) is 19.6. The Morgan fingerprint density at radius 3 is 2.41 bits per heavy atom. The third-order valence-corrected chi connectivity index (χ3v) is 4.00. The quantitative estimate of drug-likeness (QED) is 0.852. The van der Waals surface area contributed by atoms with Crippen molar-refractivity contribution in [1.29, 1.82) is 0 Å². The highest BCUT2D eigenvalue weighted by Crippen LogP contribution is 2.35. The van der Waals surface area contributed by atoms with Gasteiger partial charge in [-0.2, -0.15) is 13.2 Å². The van der Waals surface area contributed by atoms with E-state index in [-0.39, 0.29) is 23.5 Å². The lowest BCUT2D eigenvalue weighted by atomic mass is 9.97. The lowest BCUT2D eigenvalue weighted by molar-refractivity contribution is -0.137. The summed E-state index contributed by atoms with van der Waals surface area (Å²) < 4.78 is 38.9. The van der Waals surface area contributed by atoms with E-state index in [0.29, 0.717) is 5.56 Å². The van der Waals surface area contributed by atoms with Crippen molar-refractivity contribution >= 4 is 24.0 Å². The zero-order valence-electron chi connectivity index (χ0n) is 12.4. The van der Waals surface area contributed by atoms with E-state index in [1.165, 1.54) is 6.07 Å². The van der Waals surface area contributed by atoms with E-state index in [4.69, 9.17) is 11.6 Å². The number of halogens is 5. The molecular weight excluding hydrogens is 336 g/mol. The second-order valence-electron chi connectivity index (χ2n) is 5.36. The summed E-state index contributed by atoms with van der Waals surface area (Å²) in [5.74, 6) is 0. The van der Waals surface area contributed by atoms with Crippen LogP contribution in [0, 0.1) is 0 Å². The summed E-state index contributed by atoms with van der Waals surface area (Å²) in [6, 6.07) is 3.90. The standard InChI is InChI=1S/C15H20ClF3N2.ClH/c1-2-3-14(21-6-4-20-5-7-21)11-8-12(15(17,18)19)10-13(16)9-11;/h8-10,14,20H,2-7H2,1H3;1H/t14-;/m0./s1. The maximum absolute atomic E-state index is 13.0. The van der Waals surface area contributed by atoms with Crippen molar-refractivity contribution in [3.05, 3.63) is 34.3 Å². The van der Waals surface area contributed by atoms with Gasteiger partial charge in [0.15, 0.2) is 0 Å². The van der Waals surface area contributed by atoms with Crippen LogP contribution in [0.4, 0.5) is 13.2 Å². The van der Waals surface area contributed by atoms with Crippen molar-refractivity contribution in [1.82, 2.24) is 10.2 Å². The molecule has 0 bridgehead atoms. The van der Waals surface area contributed by atoms with Crippen LogP contribution in [0.2, 0.25) is 5.02 Å². The highest BCUT2D eigenvalue weighted by atomic mass is 35.5. The molecule has 1 aliphatic heterocycles. The fraction of sp³-hybridized carbons (Fsp3) is 0.600. The number of hydrogen-bond donors (Lipinski definition) is 1. The van der Waals surface area contributed by atoms with Crippen LogP contribution in [-0.4, -0.2) is 31.1 Å². The third kappa shape index (κ3) is 5.01. The van der Waals surface area contributed by atoms with Crippen LogP contribution in [0.5, 0.6) is 0 Å². The molecular formula is C15H21Cl2F3N2. The zero-order valence-corrected chi connectivity index (χ0v) is 14.0. The van der Waals surface area contributed by atoms with Gasteiger partial charge in [0.05, 0.1) is 5.56 Å². The molecule has 0 aromatic heterocycles. The van der Waals surface area contributed by atoms with Crippen LogP contribution in [0.1, 0.15) is 36.9 Å². The summed E-state index contributed by atoms with van der Waals surface area (Å²) in [4.78, 5) is 2.24. The molecule has 1 aromatic rings. The van der Waals surface area contributed by atoms with Crippen LogP contribution in [0.15, 0.2) is 18.2 Å². The lowest BCUT2D eigenvalue weighted by Gasteiger charge is -2.35. The predicted octanol–water partition coefficient (Wildman–Crippen LogP) is 4.53. The fourth-order valence-electron chi connectivity index (χ4n) is 2.80. The van der Waals surface area contributed by atoms with Gasteiger partial charge in [0, 0.05) is 37.2 Å². The van der Waals surface area contributed by atoms with Gasteiger partial charge >= 0.3 is 6.18 Å². The van der Waals surface area contributed by atoms with Crippen molar-refractivity contribution in [2.24, 2.45) is 0 Å². The fourth-order valence-corrected chi connectivity index (χ4v) is 3.04. The maximum atomic E-state index is 13.0. The molecule has 0 unspecified atom stereocenters. The Bertz CT molecular complexity index is 474. The number of piperazine rings is 1. The number of alkyl halides is 3. The van der Waals surface area contributed by atoms with Gasteiger partial charge in [-0.15, -0.1) is 12.4 Å². The van der Waals surface area contributed by atoms with Gasteiger partial charge in [-0.3, -0.25) is 4.90 Å². The van der Waals surface area contributed by atoms with Crippen molar-refractivity contribution in [3.8, 4) is 0 Å². The van der Waals surface area contributed by atoms with E-state index in [1.807, 2.05) is 6.92 Å². The number of hydrogen-bond acceptors (Lipinski definition) is 2. The van der Waals surface area contributed by atoms with Gasteiger partial charge in [-0.25, -0.2) is 0 Å². The molecule has 1 N–H and O–H groups in total. The number of rotatable bonds is 4. The summed E-state index contributed by atoms with van der Waals surface area (Å²) in [6.07, 6.45) is -2.61. The van der Waals surface area contributed by atoms with E-state index >= 15 is 0 Å². The number of nitrogens with one attached hydrogen (secondary N) is 1. The average molecular weight is 357 g/mol. The molecule has 126 valence electrons. The minimum atomic E-state index is -4.36. The van der Waals surface area contributed by atoms with Gasteiger partial charge in [0.2, 0.25) is 0 Å². The topological polar surface area (TPSA) is 15.3 Å². The van der Waals surface area contributed by atoms with Crippen LogP contribution >= 0.6 is 24.0 Å². The van der Waals surface area contributed by atoms with E-state index in [9.17, 15) is 13.2 Å². The summed E-state index contributed by atoms with van der Waals surface area (Å²) in [5.41, 5.74) is -0.000174. The normalized spacial score (nSPS) is 17.9. The Balaban J connectivity index is 0.00000242. The van der Waals surface area contributed by atoms with Gasteiger partial charge in [-0.1, -0.05) is 24.9 Å². The second-order valence-corrected chi connectivity index (χ2v) is 5.80. The van der Waals surface area contributed by atoms with E-state index in [1.54, 1.807) is 6.07 Å². The molecule has 2 nitrogen and oxygen atoms in total. The van der Waals surface area contributed by atoms with Crippen LogP contribution in [-0.2, 0) is 6.18 Å². The summed E-state index contributed by atoms with van der Waals surface area (Å²) >= 11 is 5.91. The molecule has 2 rings (SSSR count).